The van der Waals surface area contributed by atoms with Crippen LogP contribution < -0.4 is 0 Å². The Bertz CT molecular complexity index is 1100. The van der Waals surface area contributed by atoms with Crippen LogP contribution in [0.2, 0.25) is 42.5 Å². The molecule has 2 unspecified atom stereocenters. The summed E-state index contributed by atoms with van der Waals surface area (Å²) >= 11 is -2.14. The molecule has 2 atom stereocenters. The second-order valence-corrected chi connectivity index (χ2v) is 33.0. The van der Waals surface area contributed by atoms with Crippen LogP contribution in [0.4, 0.5) is 0 Å². The quantitative estimate of drug-likeness (QED) is 0.187. The number of benzene rings is 2. The van der Waals surface area contributed by atoms with Crippen LogP contribution >= 0.6 is 0 Å². The van der Waals surface area contributed by atoms with Gasteiger partial charge in [-0.25, -0.2) is 0 Å². The van der Waals surface area contributed by atoms with Gasteiger partial charge in [-0.05, 0) is 0 Å². The molecule has 197 valence electrons. The van der Waals surface area contributed by atoms with Crippen molar-refractivity contribution in [3.63, 3.8) is 0 Å². The van der Waals surface area contributed by atoms with E-state index in [1.54, 1.807) is 22.3 Å². The van der Waals surface area contributed by atoms with Crippen molar-refractivity contribution in [3.05, 3.63) is 86.1 Å². The number of hydrogen-bond acceptors (Lipinski definition) is 0. The summed E-state index contributed by atoms with van der Waals surface area (Å²) in [7, 11) is -2.35. The zero-order chi connectivity index (χ0) is 27.1. The van der Waals surface area contributed by atoms with Crippen LogP contribution in [-0.4, -0.2) is 16.1 Å². The molecule has 0 amide bonds. The summed E-state index contributed by atoms with van der Waals surface area (Å²) in [5, 5.41) is 2.01. The normalized spacial score (nSPS) is 18.6. The van der Waals surface area contributed by atoms with Gasteiger partial charge >= 0.3 is 243 Å². The van der Waals surface area contributed by atoms with Crippen molar-refractivity contribution < 1.29 is 27.4 Å². The molecule has 0 heterocycles. The van der Waals surface area contributed by atoms with Crippen molar-refractivity contribution in [1.82, 2.24) is 0 Å². The molecule has 2 aromatic rings. The van der Waals surface area contributed by atoms with E-state index in [1.165, 1.54) is 51.2 Å². The van der Waals surface area contributed by atoms with Crippen molar-refractivity contribution in [3.8, 4) is 0 Å². The Morgan fingerprint density at radius 1 is 0.622 bits per heavy atom. The summed E-state index contributed by atoms with van der Waals surface area (Å²) in [5.41, 5.74) is 12.4. The first kappa shape index (κ1) is 29.4. The van der Waals surface area contributed by atoms with Gasteiger partial charge in [0, 0.05) is 0 Å². The SMILES string of the molecule is Cc1ccc(C)c2c1C=C[CH]2[Y]([CH2]CCCC[C]([Si](C)(C)C)[Si](C)(C)C)[CH]1C=Cc2c(C)ccc(C)c21. The zero-order valence-electron chi connectivity index (χ0n) is 25.4. The second kappa shape index (κ2) is 11.5. The molecule has 0 aromatic heterocycles. The van der Waals surface area contributed by atoms with Gasteiger partial charge in [0.25, 0.3) is 0 Å². The topological polar surface area (TPSA) is 0 Å². The van der Waals surface area contributed by atoms with Crippen molar-refractivity contribution in [2.24, 2.45) is 0 Å². The number of unbranched alkanes of at least 4 members (excludes halogenated alkanes) is 2. The van der Waals surface area contributed by atoms with E-state index in [0.717, 1.165) is 5.46 Å². The third-order valence-electron chi connectivity index (χ3n) is 9.25. The first-order chi connectivity index (χ1) is 17.3. The zero-order valence-corrected chi connectivity index (χ0v) is 30.2. The monoisotopic (exact) mass is 603 g/mol. The summed E-state index contributed by atoms with van der Waals surface area (Å²) in [6.45, 7) is 24.8. The third-order valence-corrected chi connectivity index (χ3v) is 27.8. The Kier molecular flexibility index (Phi) is 9.16. The molecule has 0 saturated carbocycles. The Hall–Kier alpha value is -0.542. The van der Waals surface area contributed by atoms with Gasteiger partial charge in [-0.2, -0.15) is 0 Å². The predicted molar refractivity (Wildman–Crippen MR) is 169 cm³/mol. The minimum atomic E-state index is -2.14. The van der Waals surface area contributed by atoms with Crippen LogP contribution in [0.1, 0.15) is 75.6 Å². The molecule has 2 aliphatic carbocycles. The Balaban J connectivity index is 1.56. The van der Waals surface area contributed by atoms with Gasteiger partial charge in [-0.1, -0.05) is 0 Å². The molecule has 0 spiro atoms. The van der Waals surface area contributed by atoms with Crippen LogP contribution in [0.15, 0.2) is 36.4 Å². The van der Waals surface area contributed by atoms with E-state index in [-0.39, 0.29) is 0 Å². The molecule has 4 rings (SSSR count). The molecule has 0 aliphatic heterocycles. The van der Waals surface area contributed by atoms with Gasteiger partial charge in [0.15, 0.2) is 0 Å². The van der Waals surface area contributed by atoms with Gasteiger partial charge in [0.2, 0.25) is 0 Å². The maximum absolute atomic E-state index is 2.64. The fourth-order valence-electron chi connectivity index (χ4n) is 7.66. The molecule has 2 aromatic carbocycles. The minimum absolute atomic E-state index is 0.725. The first-order valence-electron chi connectivity index (χ1n) is 14.7. The predicted octanol–water partition coefficient (Wildman–Crippen LogP) is 10.7. The molecule has 1 radical (unpaired) electrons. The average Bonchev–Trinajstić information content (AvgIpc) is 3.43. The van der Waals surface area contributed by atoms with E-state index in [9.17, 15) is 0 Å². The Labute approximate surface area is 241 Å². The summed E-state index contributed by atoms with van der Waals surface area (Å²) in [5.74, 6) is 0. The van der Waals surface area contributed by atoms with E-state index in [1.807, 2.05) is 5.16 Å². The fourth-order valence-corrected chi connectivity index (χ4v) is 29.5. The van der Waals surface area contributed by atoms with Crippen LogP contribution in [-0.2, 0) is 27.4 Å². The van der Waals surface area contributed by atoms with Crippen LogP contribution in [0, 0.1) is 32.9 Å². The molecule has 0 fully saturated rings. The average molecular weight is 604 g/mol. The molecule has 2 aliphatic rings. The van der Waals surface area contributed by atoms with Gasteiger partial charge in [0.1, 0.15) is 0 Å². The molecule has 37 heavy (non-hydrogen) atoms. The van der Waals surface area contributed by atoms with Crippen molar-refractivity contribution in [2.75, 3.05) is 0 Å². The van der Waals surface area contributed by atoms with Crippen LogP contribution in [0.5, 0.6) is 0 Å². The molecule has 3 heteroatoms. The number of allylic oxidation sites excluding steroid dienone is 2. The molecule has 0 N–H and O–H groups in total. The summed E-state index contributed by atoms with van der Waals surface area (Å²) in [6.07, 6.45) is 15.9. The number of rotatable bonds is 10. The van der Waals surface area contributed by atoms with Gasteiger partial charge in [-0.15, -0.1) is 0 Å². The van der Waals surface area contributed by atoms with Gasteiger partial charge < -0.3 is 0 Å². The van der Waals surface area contributed by atoms with E-state index in [4.69, 9.17) is 0 Å². The van der Waals surface area contributed by atoms with Gasteiger partial charge in [-0.3, -0.25) is 0 Å². The molecular formula is C34H50Si2Y. The van der Waals surface area contributed by atoms with Crippen LogP contribution in [0.3, 0.4) is 0 Å². The van der Waals surface area contributed by atoms with E-state index in [0.29, 0.717) is 0 Å². The number of hydrogen-bond donors (Lipinski definition) is 0. The number of fused-ring (bicyclic) bond motifs is 2. The molecule has 0 nitrogen and oxygen atoms in total. The standard InChI is InChI=1S/C12H28Si2.2C11H11.Y/c1-8-9-10-11-12(13(2,3)4)14(5,6)7;2*1-8-6-7-9(2)11-5-3-4-10(8)11;/h1,8-11H2,2-7H3;2*3-7H,1-2H3;. The van der Waals surface area contributed by atoms with E-state index < -0.39 is 43.6 Å². The van der Waals surface area contributed by atoms with E-state index in [2.05, 4.69) is 116 Å². The second-order valence-electron chi connectivity index (χ2n) is 14.1. The van der Waals surface area contributed by atoms with Gasteiger partial charge in [0.05, 0.1) is 0 Å². The summed E-state index contributed by atoms with van der Waals surface area (Å²) < 4.78 is 2.97. The Morgan fingerprint density at radius 3 is 1.49 bits per heavy atom. The van der Waals surface area contributed by atoms with Crippen LogP contribution in [0.25, 0.3) is 12.2 Å². The summed E-state index contributed by atoms with van der Waals surface area (Å²) in [6, 6.07) is 9.42. The summed E-state index contributed by atoms with van der Waals surface area (Å²) in [4.78, 5) is 0. The van der Waals surface area contributed by atoms with E-state index >= 15 is 0 Å². The number of aryl methyl sites for hydroxylation is 4. The molecule has 0 bridgehead atoms. The maximum atomic E-state index is 2.64. The fraction of sp³-hybridized carbons (Fsp3) is 0.500. The van der Waals surface area contributed by atoms with Crippen molar-refractivity contribution in [1.29, 1.82) is 0 Å². The Morgan fingerprint density at radius 2 is 1.05 bits per heavy atom. The first-order valence-corrected chi connectivity index (χ1v) is 27.0. The van der Waals surface area contributed by atoms with Crippen molar-refractivity contribution in [2.45, 2.75) is 101 Å². The third kappa shape index (κ3) is 6.29. The molecule has 0 saturated heterocycles. The molecular weight excluding hydrogens is 553 g/mol. The van der Waals surface area contributed by atoms with Crippen molar-refractivity contribution >= 4 is 28.3 Å².